The molecule has 0 spiro atoms. The van der Waals surface area contributed by atoms with Crippen LogP contribution in [0.15, 0.2) is 12.1 Å². The van der Waals surface area contributed by atoms with Gasteiger partial charge in [-0.25, -0.2) is 0 Å². The molecule has 1 atom stereocenters. The summed E-state index contributed by atoms with van der Waals surface area (Å²) in [6.07, 6.45) is 0.672. The molecule has 19 heavy (non-hydrogen) atoms. The predicted molar refractivity (Wildman–Crippen MR) is 69.5 cm³/mol. The first-order chi connectivity index (χ1) is 9.04. The minimum absolute atomic E-state index is 0.0336. The Balaban J connectivity index is 2.10. The van der Waals surface area contributed by atoms with E-state index in [1.165, 1.54) is 4.80 Å². The average molecular weight is 262 g/mol. The van der Waals surface area contributed by atoms with Gasteiger partial charge in [-0.05, 0) is 31.2 Å². The van der Waals surface area contributed by atoms with E-state index in [1.54, 1.807) is 7.05 Å². The Labute approximate surface area is 111 Å². The molecule has 102 valence electrons. The second-order valence-electron chi connectivity index (χ2n) is 4.56. The molecule has 0 radical (unpaired) electrons. The molecule has 0 saturated carbocycles. The molecule has 0 bridgehead atoms. The van der Waals surface area contributed by atoms with Crippen molar-refractivity contribution in [2.45, 2.75) is 32.9 Å². The standard InChI is InChI=1S/C12H18N6O/c1-8(13)6-10-11(5-4-9(2)14-10)19-7-12-15-17-18(3)16-12/h4-5,8H,6-7,13H2,1-3H3. The van der Waals surface area contributed by atoms with Gasteiger partial charge in [0.2, 0.25) is 5.82 Å². The summed E-state index contributed by atoms with van der Waals surface area (Å²) in [4.78, 5) is 5.86. The Kier molecular flexibility index (Phi) is 4.06. The lowest BCUT2D eigenvalue weighted by molar-refractivity contribution is 0.290. The van der Waals surface area contributed by atoms with E-state index in [0.29, 0.717) is 12.2 Å². The van der Waals surface area contributed by atoms with Crippen molar-refractivity contribution in [3.05, 3.63) is 29.3 Å². The first kappa shape index (κ1) is 13.4. The Bertz CT molecular complexity index is 551. The zero-order valence-corrected chi connectivity index (χ0v) is 11.4. The highest BCUT2D eigenvalue weighted by atomic mass is 16.5. The summed E-state index contributed by atoms with van der Waals surface area (Å²) >= 11 is 0. The molecule has 0 aliphatic carbocycles. The number of aromatic nitrogens is 5. The molecule has 0 aliphatic heterocycles. The summed E-state index contributed by atoms with van der Waals surface area (Å²) in [6, 6.07) is 3.84. The average Bonchev–Trinajstić information content (AvgIpc) is 2.73. The largest absolute Gasteiger partial charge is 0.484 e. The number of nitrogens with zero attached hydrogens (tertiary/aromatic N) is 5. The maximum Gasteiger partial charge on any atom is 0.212 e. The van der Waals surface area contributed by atoms with Gasteiger partial charge in [-0.15, -0.1) is 10.2 Å². The van der Waals surface area contributed by atoms with E-state index >= 15 is 0 Å². The van der Waals surface area contributed by atoms with Crippen LogP contribution in [-0.2, 0) is 20.1 Å². The van der Waals surface area contributed by atoms with Gasteiger partial charge in [-0.2, -0.15) is 4.80 Å². The molecule has 0 aliphatic rings. The van der Waals surface area contributed by atoms with Crippen LogP contribution in [0.5, 0.6) is 5.75 Å². The number of tetrazole rings is 1. The van der Waals surface area contributed by atoms with Crippen molar-refractivity contribution in [2.24, 2.45) is 12.8 Å². The Morgan fingerprint density at radius 3 is 2.84 bits per heavy atom. The van der Waals surface area contributed by atoms with E-state index in [2.05, 4.69) is 20.4 Å². The smallest absolute Gasteiger partial charge is 0.212 e. The fourth-order valence-electron chi connectivity index (χ4n) is 1.70. The number of rotatable bonds is 5. The van der Waals surface area contributed by atoms with Crippen LogP contribution >= 0.6 is 0 Å². The number of ether oxygens (including phenoxy) is 1. The lowest BCUT2D eigenvalue weighted by Crippen LogP contribution is -2.19. The number of aryl methyl sites for hydroxylation is 2. The molecule has 2 aromatic heterocycles. The second kappa shape index (κ2) is 5.75. The highest BCUT2D eigenvalue weighted by Gasteiger charge is 2.10. The third-order valence-corrected chi connectivity index (χ3v) is 2.49. The zero-order valence-electron chi connectivity index (χ0n) is 11.4. The minimum atomic E-state index is 0.0336. The van der Waals surface area contributed by atoms with E-state index in [0.717, 1.165) is 17.1 Å². The summed E-state index contributed by atoms with van der Waals surface area (Å²) in [7, 11) is 1.71. The van der Waals surface area contributed by atoms with Crippen molar-refractivity contribution in [2.75, 3.05) is 0 Å². The van der Waals surface area contributed by atoms with Gasteiger partial charge in [0.15, 0.2) is 6.61 Å². The predicted octanol–water partition coefficient (Wildman–Crippen LogP) is 0.382. The third-order valence-electron chi connectivity index (χ3n) is 2.49. The molecule has 7 heteroatoms. The molecular formula is C12H18N6O. The molecule has 0 fully saturated rings. The van der Waals surface area contributed by atoms with Gasteiger partial charge in [0.1, 0.15) is 5.75 Å². The lowest BCUT2D eigenvalue weighted by atomic mass is 10.1. The Morgan fingerprint density at radius 2 is 2.21 bits per heavy atom. The van der Waals surface area contributed by atoms with Crippen LogP contribution in [0.2, 0.25) is 0 Å². The Morgan fingerprint density at radius 1 is 1.42 bits per heavy atom. The molecule has 7 nitrogen and oxygen atoms in total. The van der Waals surface area contributed by atoms with Gasteiger partial charge in [0.05, 0.1) is 12.7 Å². The number of hydrogen-bond acceptors (Lipinski definition) is 6. The van der Waals surface area contributed by atoms with Crippen LogP contribution < -0.4 is 10.5 Å². The molecule has 0 saturated heterocycles. The van der Waals surface area contributed by atoms with Gasteiger partial charge < -0.3 is 10.5 Å². The van der Waals surface area contributed by atoms with E-state index in [4.69, 9.17) is 10.5 Å². The van der Waals surface area contributed by atoms with Gasteiger partial charge in [0.25, 0.3) is 0 Å². The number of hydrogen-bond donors (Lipinski definition) is 1. The summed E-state index contributed by atoms with van der Waals surface area (Å²) < 4.78 is 5.70. The van der Waals surface area contributed by atoms with E-state index in [1.807, 2.05) is 26.0 Å². The van der Waals surface area contributed by atoms with E-state index in [-0.39, 0.29) is 12.6 Å². The van der Waals surface area contributed by atoms with Crippen LogP contribution in [0.4, 0.5) is 0 Å². The summed E-state index contributed by atoms with van der Waals surface area (Å²) in [5.74, 6) is 1.25. The van der Waals surface area contributed by atoms with Crippen molar-refractivity contribution >= 4 is 0 Å². The van der Waals surface area contributed by atoms with Gasteiger partial charge in [-0.3, -0.25) is 4.98 Å². The third kappa shape index (κ3) is 3.72. The van der Waals surface area contributed by atoms with Crippen molar-refractivity contribution in [3.63, 3.8) is 0 Å². The summed E-state index contributed by atoms with van der Waals surface area (Å²) in [5.41, 5.74) is 7.63. The molecule has 1 unspecified atom stereocenters. The first-order valence-electron chi connectivity index (χ1n) is 6.12. The van der Waals surface area contributed by atoms with Crippen LogP contribution in [0.25, 0.3) is 0 Å². The highest BCUT2D eigenvalue weighted by Crippen LogP contribution is 2.19. The Hall–Kier alpha value is -2.02. The maximum atomic E-state index is 5.82. The van der Waals surface area contributed by atoms with Crippen molar-refractivity contribution in [3.8, 4) is 5.75 Å². The SMILES string of the molecule is Cc1ccc(OCc2nnn(C)n2)c(CC(C)N)n1. The van der Waals surface area contributed by atoms with Crippen molar-refractivity contribution < 1.29 is 4.74 Å². The monoisotopic (exact) mass is 262 g/mol. The fourth-order valence-corrected chi connectivity index (χ4v) is 1.70. The number of pyridine rings is 1. The van der Waals surface area contributed by atoms with Crippen LogP contribution in [-0.4, -0.2) is 31.2 Å². The van der Waals surface area contributed by atoms with Crippen LogP contribution in [0, 0.1) is 6.92 Å². The molecule has 2 heterocycles. The quantitative estimate of drug-likeness (QED) is 0.837. The van der Waals surface area contributed by atoms with Crippen LogP contribution in [0.3, 0.4) is 0 Å². The van der Waals surface area contributed by atoms with Crippen molar-refractivity contribution in [1.82, 2.24) is 25.2 Å². The maximum absolute atomic E-state index is 5.82. The molecule has 0 aromatic carbocycles. The van der Waals surface area contributed by atoms with Gasteiger partial charge in [0, 0.05) is 18.2 Å². The topological polar surface area (TPSA) is 91.7 Å². The molecular weight excluding hydrogens is 244 g/mol. The summed E-state index contributed by atoms with van der Waals surface area (Å²) in [6.45, 7) is 4.15. The zero-order chi connectivity index (χ0) is 13.8. The van der Waals surface area contributed by atoms with Gasteiger partial charge in [-0.1, -0.05) is 0 Å². The highest BCUT2D eigenvalue weighted by molar-refractivity contribution is 5.30. The van der Waals surface area contributed by atoms with Gasteiger partial charge >= 0.3 is 0 Å². The van der Waals surface area contributed by atoms with E-state index in [9.17, 15) is 0 Å². The van der Waals surface area contributed by atoms with Crippen molar-refractivity contribution in [1.29, 1.82) is 0 Å². The first-order valence-corrected chi connectivity index (χ1v) is 6.12. The second-order valence-corrected chi connectivity index (χ2v) is 4.56. The fraction of sp³-hybridized carbons (Fsp3) is 0.500. The lowest BCUT2D eigenvalue weighted by Gasteiger charge is -2.11. The minimum Gasteiger partial charge on any atom is -0.484 e. The summed E-state index contributed by atoms with van der Waals surface area (Å²) in [5, 5.41) is 11.7. The number of nitrogens with two attached hydrogens (primary N) is 1. The molecule has 2 aromatic rings. The van der Waals surface area contributed by atoms with E-state index < -0.39 is 0 Å². The normalized spacial score (nSPS) is 12.4. The molecule has 2 rings (SSSR count). The molecule has 0 amide bonds. The van der Waals surface area contributed by atoms with Crippen LogP contribution in [0.1, 0.15) is 24.1 Å². The molecule has 2 N–H and O–H groups in total.